The Bertz CT molecular complexity index is 774. The van der Waals surface area contributed by atoms with Crippen molar-refractivity contribution in [3.8, 4) is 5.75 Å². The maximum Gasteiger partial charge on any atom is 0.238 e. The summed E-state index contributed by atoms with van der Waals surface area (Å²) in [4.78, 5) is 15.9. The first-order valence-electron chi connectivity index (χ1n) is 7.50. The minimum Gasteiger partial charge on any atom is -0.497 e. The molecule has 1 atom stereocenters. The van der Waals surface area contributed by atoms with E-state index in [0.29, 0.717) is 13.0 Å². The fraction of sp³-hybridized carbons (Fsp3) is 0.294. The molecule has 2 rings (SSSR count). The second-order valence-corrected chi connectivity index (χ2v) is 7.46. The Morgan fingerprint density at radius 1 is 1.21 bits per heavy atom. The number of methoxy groups -OCH3 is 1. The van der Waals surface area contributed by atoms with E-state index in [1.807, 2.05) is 24.3 Å². The van der Waals surface area contributed by atoms with Gasteiger partial charge in [0.2, 0.25) is 15.7 Å². The second kappa shape index (κ2) is 7.92. The number of nitrogens with one attached hydrogen (secondary N) is 1. The van der Waals surface area contributed by atoms with Crippen molar-refractivity contribution < 1.29 is 17.9 Å². The van der Waals surface area contributed by atoms with Gasteiger partial charge in [-0.1, -0.05) is 18.2 Å². The van der Waals surface area contributed by atoms with Gasteiger partial charge in [0.05, 0.1) is 7.11 Å². The summed E-state index contributed by atoms with van der Waals surface area (Å²) in [6, 6.07) is 12.1. The molecule has 128 valence electrons. The van der Waals surface area contributed by atoms with Gasteiger partial charge in [0.25, 0.3) is 0 Å². The zero-order valence-corrected chi connectivity index (χ0v) is 14.4. The fourth-order valence-electron chi connectivity index (χ4n) is 2.10. The van der Waals surface area contributed by atoms with Crippen LogP contribution in [0.15, 0.2) is 53.7 Å². The van der Waals surface area contributed by atoms with Gasteiger partial charge in [-0.05, 0) is 43.2 Å². The van der Waals surface area contributed by atoms with E-state index in [4.69, 9.17) is 4.74 Å². The molecule has 0 bridgehead atoms. The van der Waals surface area contributed by atoms with Crippen molar-refractivity contribution in [1.29, 1.82) is 0 Å². The SMILES string of the molecule is COc1ccc(CCNC(=O)[C@H](C)S(=O)(=O)c2ccccn2)cc1. The molecule has 0 aliphatic rings. The highest BCUT2D eigenvalue weighted by molar-refractivity contribution is 7.92. The van der Waals surface area contributed by atoms with Gasteiger partial charge in [0.1, 0.15) is 11.0 Å². The van der Waals surface area contributed by atoms with Crippen LogP contribution in [-0.4, -0.2) is 38.2 Å². The minimum atomic E-state index is -3.78. The zero-order valence-electron chi connectivity index (χ0n) is 13.6. The molecule has 0 saturated heterocycles. The van der Waals surface area contributed by atoms with Crippen LogP contribution in [0.4, 0.5) is 0 Å². The van der Waals surface area contributed by atoms with Crippen molar-refractivity contribution in [1.82, 2.24) is 10.3 Å². The lowest BCUT2D eigenvalue weighted by Gasteiger charge is -2.13. The topological polar surface area (TPSA) is 85.4 Å². The van der Waals surface area contributed by atoms with Crippen molar-refractivity contribution in [3.05, 3.63) is 54.2 Å². The quantitative estimate of drug-likeness (QED) is 0.822. The third kappa shape index (κ3) is 4.32. The third-order valence-corrected chi connectivity index (χ3v) is 5.61. The second-order valence-electron chi connectivity index (χ2n) is 5.24. The molecular formula is C17H20N2O4S. The van der Waals surface area contributed by atoms with Crippen LogP contribution in [0.3, 0.4) is 0 Å². The summed E-state index contributed by atoms with van der Waals surface area (Å²) in [5.41, 5.74) is 1.02. The summed E-state index contributed by atoms with van der Waals surface area (Å²) in [5, 5.41) is 1.37. The van der Waals surface area contributed by atoms with E-state index in [9.17, 15) is 13.2 Å². The van der Waals surface area contributed by atoms with Gasteiger partial charge in [-0.3, -0.25) is 4.79 Å². The Morgan fingerprint density at radius 2 is 1.92 bits per heavy atom. The maximum absolute atomic E-state index is 12.3. The molecular weight excluding hydrogens is 328 g/mol. The number of carbonyl (C=O) groups excluding carboxylic acids is 1. The van der Waals surface area contributed by atoms with Crippen LogP contribution in [0.2, 0.25) is 0 Å². The Hall–Kier alpha value is -2.41. The molecule has 0 fully saturated rings. The van der Waals surface area contributed by atoms with Crippen molar-refractivity contribution >= 4 is 15.7 Å². The average molecular weight is 348 g/mol. The predicted octanol–water partition coefficient (Wildman–Crippen LogP) is 1.61. The monoisotopic (exact) mass is 348 g/mol. The summed E-state index contributed by atoms with van der Waals surface area (Å²) in [5.74, 6) is 0.229. The Balaban J connectivity index is 1.92. The number of hydrogen-bond donors (Lipinski definition) is 1. The number of aromatic nitrogens is 1. The Morgan fingerprint density at radius 3 is 2.50 bits per heavy atom. The zero-order chi connectivity index (χ0) is 17.6. The van der Waals surface area contributed by atoms with Gasteiger partial charge >= 0.3 is 0 Å². The fourth-order valence-corrected chi connectivity index (χ4v) is 3.31. The van der Waals surface area contributed by atoms with E-state index in [1.54, 1.807) is 19.2 Å². The van der Waals surface area contributed by atoms with E-state index in [-0.39, 0.29) is 5.03 Å². The smallest absolute Gasteiger partial charge is 0.238 e. The van der Waals surface area contributed by atoms with Crippen LogP contribution in [0.1, 0.15) is 12.5 Å². The molecule has 24 heavy (non-hydrogen) atoms. The van der Waals surface area contributed by atoms with Crippen molar-refractivity contribution in [2.45, 2.75) is 23.6 Å². The molecule has 6 nitrogen and oxygen atoms in total. The summed E-state index contributed by atoms with van der Waals surface area (Å²) in [6.45, 7) is 1.72. The largest absolute Gasteiger partial charge is 0.497 e. The lowest BCUT2D eigenvalue weighted by Crippen LogP contribution is -2.39. The standard InChI is InChI=1S/C17H20N2O4S/c1-13(24(21,22)16-5-3-4-11-18-16)17(20)19-12-10-14-6-8-15(23-2)9-7-14/h3-9,11,13H,10,12H2,1-2H3,(H,19,20)/t13-/m0/s1. The van der Waals surface area contributed by atoms with Crippen molar-refractivity contribution in [2.75, 3.05) is 13.7 Å². The number of carbonyl (C=O) groups is 1. The molecule has 1 aromatic heterocycles. The molecule has 0 unspecified atom stereocenters. The number of benzene rings is 1. The molecule has 1 heterocycles. The van der Waals surface area contributed by atoms with E-state index in [0.717, 1.165) is 11.3 Å². The minimum absolute atomic E-state index is 0.0946. The van der Waals surface area contributed by atoms with E-state index < -0.39 is 21.0 Å². The average Bonchev–Trinajstić information content (AvgIpc) is 2.62. The van der Waals surface area contributed by atoms with Crippen LogP contribution in [0.25, 0.3) is 0 Å². The third-order valence-electron chi connectivity index (χ3n) is 3.64. The van der Waals surface area contributed by atoms with Gasteiger partial charge in [0.15, 0.2) is 5.03 Å². The summed E-state index contributed by atoms with van der Waals surface area (Å²) in [6.07, 6.45) is 1.99. The first kappa shape index (κ1) is 17.9. The number of rotatable bonds is 7. The molecule has 7 heteroatoms. The molecule has 1 N–H and O–H groups in total. The summed E-state index contributed by atoms with van der Waals surface area (Å²) < 4.78 is 29.8. The predicted molar refractivity (Wildman–Crippen MR) is 90.6 cm³/mol. The number of pyridine rings is 1. The highest BCUT2D eigenvalue weighted by Crippen LogP contribution is 2.13. The van der Waals surface area contributed by atoms with Crippen LogP contribution in [0.5, 0.6) is 5.75 Å². The lowest BCUT2D eigenvalue weighted by atomic mass is 10.1. The number of hydrogen-bond acceptors (Lipinski definition) is 5. The number of ether oxygens (including phenoxy) is 1. The van der Waals surface area contributed by atoms with Crippen LogP contribution in [0, 0.1) is 0 Å². The Labute approximate surface area is 141 Å². The lowest BCUT2D eigenvalue weighted by molar-refractivity contribution is -0.120. The molecule has 0 spiro atoms. The van der Waals surface area contributed by atoms with Crippen molar-refractivity contribution in [2.24, 2.45) is 0 Å². The first-order chi connectivity index (χ1) is 11.4. The van der Waals surface area contributed by atoms with E-state index in [1.165, 1.54) is 19.2 Å². The summed E-state index contributed by atoms with van der Waals surface area (Å²) >= 11 is 0. The Kier molecular flexibility index (Phi) is 5.92. The number of nitrogens with zero attached hydrogens (tertiary/aromatic N) is 1. The molecule has 0 radical (unpaired) electrons. The number of amides is 1. The molecule has 2 aromatic rings. The molecule has 0 aliphatic carbocycles. The molecule has 1 aromatic carbocycles. The van der Waals surface area contributed by atoms with Gasteiger partial charge in [-0.2, -0.15) is 0 Å². The van der Waals surface area contributed by atoms with Crippen LogP contribution >= 0.6 is 0 Å². The molecule has 0 aliphatic heterocycles. The van der Waals surface area contributed by atoms with Gasteiger partial charge in [-0.15, -0.1) is 0 Å². The number of sulfone groups is 1. The molecule has 1 amide bonds. The van der Waals surface area contributed by atoms with Gasteiger partial charge < -0.3 is 10.1 Å². The van der Waals surface area contributed by atoms with Crippen LogP contribution < -0.4 is 10.1 Å². The highest BCUT2D eigenvalue weighted by Gasteiger charge is 2.30. The van der Waals surface area contributed by atoms with Crippen LogP contribution in [-0.2, 0) is 21.1 Å². The van der Waals surface area contributed by atoms with E-state index >= 15 is 0 Å². The maximum atomic E-state index is 12.3. The highest BCUT2D eigenvalue weighted by atomic mass is 32.2. The summed E-state index contributed by atoms with van der Waals surface area (Å²) in [7, 11) is -2.19. The van der Waals surface area contributed by atoms with Crippen molar-refractivity contribution in [3.63, 3.8) is 0 Å². The first-order valence-corrected chi connectivity index (χ1v) is 9.05. The van der Waals surface area contributed by atoms with E-state index in [2.05, 4.69) is 10.3 Å². The normalized spacial score (nSPS) is 12.4. The molecule has 0 saturated carbocycles. The van der Waals surface area contributed by atoms with Gasteiger partial charge in [-0.25, -0.2) is 13.4 Å². The van der Waals surface area contributed by atoms with Gasteiger partial charge in [0, 0.05) is 12.7 Å².